The number of nitrogens with zero attached hydrogens (tertiary/aromatic N) is 1. The molecule has 1 unspecified atom stereocenters. The van der Waals surface area contributed by atoms with Gasteiger partial charge in [0.15, 0.2) is 5.79 Å². The molecule has 7 nitrogen and oxygen atoms in total. The van der Waals surface area contributed by atoms with Crippen molar-refractivity contribution < 1.29 is 28.6 Å². The van der Waals surface area contributed by atoms with Crippen LogP contribution in [0.3, 0.4) is 0 Å². The van der Waals surface area contributed by atoms with Crippen molar-refractivity contribution in [3.05, 3.63) is 71.8 Å². The largest absolute Gasteiger partial charge is 0.466 e. The van der Waals surface area contributed by atoms with E-state index in [1.54, 1.807) is 19.9 Å². The molecule has 1 saturated heterocycles. The molecule has 0 bridgehead atoms. The van der Waals surface area contributed by atoms with Gasteiger partial charge in [0, 0.05) is 12.1 Å². The highest BCUT2D eigenvalue weighted by Gasteiger charge is 2.49. The number of hydrogen-bond donors (Lipinski definition) is 0. The van der Waals surface area contributed by atoms with Crippen LogP contribution in [0.4, 0.5) is 0 Å². The molecular formula is C27H25NO6. The predicted molar refractivity (Wildman–Crippen MR) is 125 cm³/mol. The number of ether oxygens (including phenoxy) is 3. The van der Waals surface area contributed by atoms with Crippen LogP contribution in [-0.4, -0.2) is 54.8 Å². The smallest absolute Gasteiger partial charge is 0.316 e. The van der Waals surface area contributed by atoms with Crippen molar-refractivity contribution in [1.29, 1.82) is 0 Å². The van der Waals surface area contributed by atoms with E-state index in [0.717, 1.165) is 21.2 Å². The third-order valence-corrected chi connectivity index (χ3v) is 6.48. The maximum absolute atomic E-state index is 13.8. The van der Waals surface area contributed by atoms with E-state index in [4.69, 9.17) is 14.2 Å². The average molecular weight is 459 g/mol. The van der Waals surface area contributed by atoms with Crippen LogP contribution in [0.2, 0.25) is 0 Å². The molecule has 0 saturated carbocycles. The van der Waals surface area contributed by atoms with Crippen LogP contribution in [0.1, 0.15) is 34.6 Å². The first-order valence-electron chi connectivity index (χ1n) is 11.4. The summed E-state index contributed by atoms with van der Waals surface area (Å²) in [6, 6.07) is 19.0. The second-order valence-corrected chi connectivity index (χ2v) is 8.50. The fourth-order valence-corrected chi connectivity index (χ4v) is 4.79. The van der Waals surface area contributed by atoms with Gasteiger partial charge in [-0.2, -0.15) is 0 Å². The molecule has 174 valence electrons. The maximum atomic E-state index is 13.8. The summed E-state index contributed by atoms with van der Waals surface area (Å²) >= 11 is 0. The van der Waals surface area contributed by atoms with Crippen molar-refractivity contribution in [2.24, 2.45) is 5.92 Å². The van der Waals surface area contributed by atoms with Crippen molar-refractivity contribution in [1.82, 2.24) is 4.90 Å². The molecule has 0 aliphatic carbocycles. The van der Waals surface area contributed by atoms with Crippen LogP contribution in [0.5, 0.6) is 0 Å². The van der Waals surface area contributed by atoms with Crippen LogP contribution in [0.15, 0.2) is 60.7 Å². The first kappa shape index (κ1) is 22.3. The van der Waals surface area contributed by atoms with Gasteiger partial charge in [-0.25, -0.2) is 0 Å². The molecule has 0 N–H and O–H groups in total. The van der Waals surface area contributed by atoms with E-state index < -0.39 is 29.5 Å². The van der Waals surface area contributed by atoms with Gasteiger partial charge in [-0.3, -0.25) is 19.3 Å². The van der Waals surface area contributed by atoms with E-state index in [1.165, 1.54) is 0 Å². The Labute approximate surface area is 197 Å². The first-order valence-corrected chi connectivity index (χ1v) is 11.4. The molecule has 5 rings (SSSR count). The zero-order chi connectivity index (χ0) is 23.9. The molecule has 2 aliphatic heterocycles. The number of carbonyl (C=O) groups is 3. The molecule has 2 amide bonds. The first-order chi connectivity index (χ1) is 16.4. The molecule has 0 spiro atoms. The minimum Gasteiger partial charge on any atom is -0.466 e. The molecule has 2 heterocycles. The quantitative estimate of drug-likeness (QED) is 0.409. The third-order valence-electron chi connectivity index (χ3n) is 6.48. The second-order valence-electron chi connectivity index (χ2n) is 8.50. The van der Waals surface area contributed by atoms with E-state index >= 15 is 0 Å². The van der Waals surface area contributed by atoms with Crippen LogP contribution in [0.25, 0.3) is 21.9 Å². The Morgan fingerprint density at radius 1 is 1.00 bits per heavy atom. The number of benzene rings is 3. The summed E-state index contributed by atoms with van der Waals surface area (Å²) in [6.07, 6.45) is 0. The van der Waals surface area contributed by atoms with Gasteiger partial charge in [-0.05, 0) is 36.2 Å². The predicted octanol–water partition coefficient (Wildman–Crippen LogP) is 4.05. The Hall–Kier alpha value is -3.55. The molecule has 1 fully saturated rings. The van der Waals surface area contributed by atoms with Crippen LogP contribution in [0, 0.1) is 5.92 Å². The van der Waals surface area contributed by atoms with Gasteiger partial charge in [0.2, 0.25) is 0 Å². The molecule has 0 aromatic heterocycles. The third kappa shape index (κ3) is 3.57. The monoisotopic (exact) mass is 459 g/mol. The van der Waals surface area contributed by atoms with Crippen LogP contribution in [-0.2, 0) is 19.0 Å². The fourth-order valence-electron chi connectivity index (χ4n) is 4.79. The van der Waals surface area contributed by atoms with Crippen LogP contribution >= 0.6 is 0 Å². The topological polar surface area (TPSA) is 82.1 Å². The highest BCUT2D eigenvalue weighted by atomic mass is 16.7. The Kier molecular flexibility index (Phi) is 5.67. The molecule has 3 aromatic rings. The number of esters is 1. The summed E-state index contributed by atoms with van der Waals surface area (Å²) in [5, 5.41) is 1.74. The molecule has 7 heteroatoms. The number of amides is 2. The molecule has 2 aliphatic rings. The summed E-state index contributed by atoms with van der Waals surface area (Å²) in [4.78, 5) is 41.3. The van der Waals surface area contributed by atoms with Crippen LogP contribution < -0.4 is 0 Å². The Bertz CT molecular complexity index is 1280. The summed E-state index contributed by atoms with van der Waals surface area (Å²) < 4.78 is 16.7. The molecule has 3 aromatic carbocycles. The van der Waals surface area contributed by atoms with Crippen molar-refractivity contribution in [3.8, 4) is 11.1 Å². The van der Waals surface area contributed by atoms with Crippen molar-refractivity contribution in [2.75, 3.05) is 26.4 Å². The van der Waals surface area contributed by atoms with Gasteiger partial charge >= 0.3 is 5.97 Å². The maximum Gasteiger partial charge on any atom is 0.316 e. The lowest BCUT2D eigenvalue weighted by Crippen LogP contribution is -2.49. The van der Waals surface area contributed by atoms with E-state index in [2.05, 4.69) is 0 Å². The summed E-state index contributed by atoms with van der Waals surface area (Å²) in [7, 11) is 0. The van der Waals surface area contributed by atoms with E-state index in [1.807, 2.05) is 54.6 Å². The number of rotatable bonds is 6. The van der Waals surface area contributed by atoms with Gasteiger partial charge < -0.3 is 14.2 Å². The number of fused-ring (bicyclic) bond motifs is 2. The van der Waals surface area contributed by atoms with Gasteiger partial charge in [-0.1, -0.05) is 54.6 Å². The SMILES string of the molecule is CCOC(=O)C(CN1C(=O)c2cc3ccccc3c(-c3ccccc3)c2C1=O)C1(C)OCCO1. The fraction of sp³-hybridized carbons (Fsp3) is 0.296. The highest BCUT2D eigenvalue weighted by molar-refractivity contribution is 6.27. The lowest BCUT2D eigenvalue weighted by atomic mass is 9.90. The molecular weight excluding hydrogens is 434 g/mol. The summed E-state index contributed by atoms with van der Waals surface area (Å²) in [5.74, 6) is -3.72. The molecule has 1 atom stereocenters. The van der Waals surface area contributed by atoms with Crippen molar-refractivity contribution in [2.45, 2.75) is 19.6 Å². The number of carbonyl (C=O) groups excluding carboxylic acids is 3. The van der Waals surface area contributed by atoms with Crippen molar-refractivity contribution in [3.63, 3.8) is 0 Å². The van der Waals surface area contributed by atoms with Gasteiger partial charge in [0.05, 0.1) is 30.9 Å². The Morgan fingerprint density at radius 3 is 2.38 bits per heavy atom. The zero-order valence-corrected chi connectivity index (χ0v) is 19.1. The van der Waals surface area contributed by atoms with Gasteiger partial charge in [-0.15, -0.1) is 0 Å². The lowest BCUT2D eigenvalue weighted by molar-refractivity contribution is -0.201. The van der Waals surface area contributed by atoms with E-state index in [9.17, 15) is 14.4 Å². The Morgan fingerprint density at radius 2 is 1.68 bits per heavy atom. The van der Waals surface area contributed by atoms with E-state index in [-0.39, 0.29) is 13.2 Å². The minimum atomic E-state index is -1.28. The zero-order valence-electron chi connectivity index (χ0n) is 19.1. The lowest BCUT2D eigenvalue weighted by Gasteiger charge is -2.32. The Balaban J connectivity index is 1.61. The normalized spacial score (nSPS) is 17.8. The van der Waals surface area contributed by atoms with Gasteiger partial charge in [0.25, 0.3) is 11.8 Å². The van der Waals surface area contributed by atoms with Gasteiger partial charge in [0.1, 0.15) is 5.92 Å². The summed E-state index contributed by atoms with van der Waals surface area (Å²) in [5.41, 5.74) is 2.22. The van der Waals surface area contributed by atoms with Crippen molar-refractivity contribution >= 4 is 28.6 Å². The van der Waals surface area contributed by atoms with E-state index in [0.29, 0.717) is 29.9 Å². The number of imide groups is 1. The molecule has 0 radical (unpaired) electrons. The number of hydrogen-bond acceptors (Lipinski definition) is 6. The summed E-state index contributed by atoms with van der Waals surface area (Å²) in [6.45, 7) is 3.94. The second kappa shape index (κ2) is 8.66. The molecule has 34 heavy (non-hydrogen) atoms. The highest BCUT2D eigenvalue weighted by Crippen LogP contribution is 2.40. The standard InChI is InChI=1S/C27H25NO6/c1-3-32-26(31)21(27(2)33-13-14-34-27)16-28-24(29)20-15-18-11-7-8-12-19(18)22(23(20)25(28)30)17-9-5-4-6-10-17/h4-12,15,21H,3,13-14,16H2,1-2H3. The average Bonchev–Trinajstić information content (AvgIpc) is 3.39. The minimum absolute atomic E-state index is 0.164.